The fourth-order valence-electron chi connectivity index (χ4n) is 1.18. The molecule has 1 heterocycles. The van der Waals surface area contributed by atoms with Crippen LogP contribution in [0.25, 0.3) is 0 Å². The van der Waals surface area contributed by atoms with Crippen LogP contribution in [0.3, 0.4) is 0 Å². The second kappa shape index (κ2) is 2.58. The molecule has 0 fully saturated rings. The van der Waals surface area contributed by atoms with Crippen LogP contribution in [-0.2, 0) is 6.14 Å². The summed E-state index contributed by atoms with van der Waals surface area (Å²) >= 11 is -4.57. The van der Waals surface area contributed by atoms with E-state index < -0.39 is 25.2 Å². The Morgan fingerprint density at radius 2 is 2.15 bits per heavy atom. The minimum absolute atomic E-state index is 0.169. The van der Waals surface area contributed by atoms with Crippen molar-refractivity contribution in [3.63, 3.8) is 0 Å². The summed E-state index contributed by atoms with van der Waals surface area (Å²) in [5.74, 6) is -0.687. The average molecular weight is 294 g/mol. The predicted molar refractivity (Wildman–Crippen MR) is 52.2 cm³/mol. The first-order valence-corrected chi connectivity index (χ1v) is 7.37. The van der Waals surface area contributed by atoms with Crippen LogP contribution in [0, 0.1) is 10.5 Å². The zero-order valence-electron chi connectivity index (χ0n) is 6.78. The van der Waals surface area contributed by atoms with Gasteiger partial charge in [0.2, 0.25) is 0 Å². The standard InChI is InChI=1S/C8H7IO4/c1-5-2-3-7-6(4-5)8(10)13-9(7,11)12/h2-4H,1H3,(H,11,12). The van der Waals surface area contributed by atoms with Gasteiger partial charge in [-0.3, -0.25) is 0 Å². The molecule has 1 aromatic rings. The van der Waals surface area contributed by atoms with Crippen molar-refractivity contribution in [2.24, 2.45) is 0 Å². The number of aryl methyl sites for hydroxylation is 1. The van der Waals surface area contributed by atoms with Crippen molar-refractivity contribution in [2.45, 2.75) is 6.92 Å². The third kappa shape index (κ3) is 1.28. The van der Waals surface area contributed by atoms with E-state index in [1.807, 2.05) is 6.92 Å². The van der Waals surface area contributed by atoms with Gasteiger partial charge in [-0.2, -0.15) is 0 Å². The first-order chi connectivity index (χ1) is 6.00. The molecule has 1 unspecified atom stereocenters. The van der Waals surface area contributed by atoms with E-state index in [0.29, 0.717) is 0 Å². The summed E-state index contributed by atoms with van der Waals surface area (Å²) in [7, 11) is 0. The van der Waals surface area contributed by atoms with Crippen molar-refractivity contribution < 1.29 is 14.4 Å². The van der Waals surface area contributed by atoms with Gasteiger partial charge < -0.3 is 0 Å². The Morgan fingerprint density at radius 3 is 2.85 bits per heavy atom. The molecule has 70 valence electrons. The first-order valence-electron chi connectivity index (χ1n) is 3.56. The van der Waals surface area contributed by atoms with Crippen LogP contribution in [0.15, 0.2) is 18.2 Å². The zero-order chi connectivity index (χ0) is 9.64. The monoisotopic (exact) mass is 294 g/mol. The Hall–Kier alpha value is -0.820. The van der Waals surface area contributed by atoms with Crippen LogP contribution < -0.4 is 0 Å². The third-order valence-corrected chi connectivity index (χ3v) is 5.18. The summed E-state index contributed by atoms with van der Waals surface area (Å²) in [4.78, 5) is 11.1. The number of fused-ring (bicyclic) bond motifs is 1. The number of rotatable bonds is 0. The number of hydrogen-bond acceptors (Lipinski definition) is 3. The van der Waals surface area contributed by atoms with E-state index in [1.54, 1.807) is 12.1 Å². The van der Waals surface area contributed by atoms with Crippen LogP contribution in [0.2, 0.25) is 0 Å². The molecule has 4 nitrogen and oxygen atoms in total. The predicted octanol–water partition coefficient (Wildman–Crippen LogP) is 1.54. The van der Waals surface area contributed by atoms with Crippen LogP contribution in [0.1, 0.15) is 15.9 Å². The van der Waals surface area contributed by atoms with Crippen molar-refractivity contribution in [1.82, 2.24) is 0 Å². The molecule has 13 heavy (non-hydrogen) atoms. The molecule has 1 atom stereocenters. The second-order valence-corrected chi connectivity index (χ2v) is 6.90. The van der Waals surface area contributed by atoms with Gasteiger partial charge in [-0.25, -0.2) is 0 Å². The van der Waals surface area contributed by atoms with Crippen molar-refractivity contribution in [3.8, 4) is 0 Å². The minimum atomic E-state index is -4.57. The topological polar surface area (TPSA) is 63.6 Å². The van der Waals surface area contributed by atoms with E-state index in [9.17, 15) is 11.3 Å². The Kier molecular flexibility index (Phi) is 1.74. The van der Waals surface area contributed by atoms with Gasteiger partial charge in [-0.15, -0.1) is 0 Å². The molecule has 2 rings (SSSR count). The van der Waals surface area contributed by atoms with Gasteiger partial charge in [0, 0.05) is 0 Å². The fourth-order valence-corrected chi connectivity index (χ4v) is 3.94. The first kappa shape index (κ1) is 8.76. The summed E-state index contributed by atoms with van der Waals surface area (Å²) in [5.41, 5.74) is 1.10. The molecule has 0 saturated heterocycles. The summed E-state index contributed by atoms with van der Waals surface area (Å²) in [6, 6.07) is 4.74. The Labute approximate surface area is 79.5 Å². The van der Waals surface area contributed by atoms with Crippen LogP contribution in [-0.4, -0.2) is 9.41 Å². The van der Waals surface area contributed by atoms with Gasteiger partial charge >= 0.3 is 79.4 Å². The van der Waals surface area contributed by atoms with Crippen molar-refractivity contribution in [1.29, 1.82) is 0 Å². The number of carbonyl (C=O) groups is 1. The van der Waals surface area contributed by atoms with Gasteiger partial charge in [0.25, 0.3) is 0 Å². The van der Waals surface area contributed by atoms with Gasteiger partial charge in [-0.1, -0.05) is 0 Å². The molecule has 1 aliphatic rings. The summed E-state index contributed by atoms with van der Waals surface area (Å²) < 4.78 is 25.2. The quantitative estimate of drug-likeness (QED) is 0.737. The van der Waals surface area contributed by atoms with E-state index in [-0.39, 0.29) is 9.13 Å². The van der Waals surface area contributed by atoms with Crippen molar-refractivity contribution in [2.75, 3.05) is 0 Å². The molecule has 0 spiro atoms. The molecule has 0 bridgehead atoms. The van der Waals surface area contributed by atoms with Crippen LogP contribution in [0.5, 0.6) is 0 Å². The number of carbonyl (C=O) groups excluding carboxylic acids is 1. The molecular weight excluding hydrogens is 287 g/mol. The third-order valence-electron chi connectivity index (χ3n) is 1.77. The summed E-state index contributed by atoms with van der Waals surface area (Å²) in [5, 5.41) is 0. The van der Waals surface area contributed by atoms with E-state index >= 15 is 0 Å². The second-order valence-electron chi connectivity index (χ2n) is 2.79. The van der Waals surface area contributed by atoms with Crippen molar-refractivity contribution >= 4 is 25.2 Å². The number of hydrogen-bond donors (Lipinski definition) is 1. The zero-order valence-corrected chi connectivity index (χ0v) is 8.94. The molecule has 0 aromatic heterocycles. The molecule has 0 radical (unpaired) electrons. The summed E-state index contributed by atoms with van der Waals surface area (Å²) in [6.07, 6.45) is 0. The van der Waals surface area contributed by atoms with E-state index in [1.165, 1.54) is 6.07 Å². The van der Waals surface area contributed by atoms with E-state index in [0.717, 1.165) is 5.56 Å². The maximum atomic E-state index is 11.3. The van der Waals surface area contributed by atoms with E-state index in [4.69, 9.17) is 0 Å². The summed E-state index contributed by atoms with van der Waals surface area (Å²) in [6.45, 7) is 1.81. The van der Waals surface area contributed by atoms with Gasteiger partial charge in [0.05, 0.1) is 0 Å². The van der Waals surface area contributed by atoms with Crippen LogP contribution in [0.4, 0.5) is 0 Å². The molecular formula is C8H7IO4. The normalized spacial score (nSPS) is 30.5. The van der Waals surface area contributed by atoms with E-state index in [2.05, 4.69) is 3.07 Å². The number of halogens is 1. The van der Waals surface area contributed by atoms with Crippen molar-refractivity contribution in [3.05, 3.63) is 32.9 Å². The molecule has 1 N–H and O–H groups in total. The molecule has 0 saturated carbocycles. The van der Waals surface area contributed by atoms with Gasteiger partial charge in [0.15, 0.2) is 0 Å². The Balaban J connectivity index is 2.73. The number of benzene rings is 1. The molecule has 1 aromatic carbocycles. The molecule has 0 amide bonds. The Bertz CT molecular complexity index is 438. The van der Waals surface area contributed by atoms with Gasteiger partial charge in [-0.05, 0) is 0 Å². The fraction of sp³-hybridized carbons (Fsp3) is 0.125. The Morgan fingerprint density at radius 1 is 1.46 bits per heavy atom. The average Bonchev–Trinajstić information content (AvgIpc) is 2.22. The molecule has 0 aliphatic carbocycles. The van der Waals surface area contributed by atoms with Gasteiger partial charge in [0.1, 0.15) is 0 Å². The van der Waals surface area contributed by atoms with Crippen LogP contribution >= 0.6 is 19.3 Å². The maximum absolute atomic E-state index is 11.3. The molecule has 1 aliphatic heterocycles. The molecule has 5 heteroatoms. The SMILES string of the molecule is Cc1ccc2c(c1)C(=O)OI2(=O)O.